The van der Waals surface area contributed by atoms with Gasteiger partial charge in [-0.1, -0.05) is 0 Å². The molecule has 0 unspecified atom stereocenters. The number of hydrogen-bond acceptors (Lipinski definition) is 4. The van der Waals surface area contributed by atoms with E-state index in [9.17, 15) is 0 Å². The van der Waals surface area contributed by atoms with Crippen LogP contribution in [0.1, 0.15) is 13.8 Å². The van der Waals surface area contributed by atoms with Gasteiger partial charge in [0.05, 0.1) is 12.3 Å². The fraction of sp³-hybridized carbons (Fsp3) is 1.00. The molecule has 0 aromatic rings. The minimum absolute atomic E-state index is 0.276. The van der Waals surface area contributed by atoms with Gasteiger partial charge < -0.3 is 5.73 Å². The molecule has 0 spiro atoms. The maximum atomic E-state index is 5.86. The third-order valence-corrected chi connectivity index (χ3v) is 1.57. The van der Waals surface area contributed by atoms with Crippen molar-refractivity contribution in [3.05, 3.63) is 0 Å². The van der Waals surface area contributed by atoms with Gasteiger partial charge in [0.1, 0.15) is 0 Å². The van der Waals surface area contributed by atoms with Crippen molar-refractivity contribution in [1.82, 2.24) is 15.1 Å². The van der Waals surface area contributed by atoms with Gasteiger partial charge in [0.25, 0.3) is 0 Å². The SMILES string of the molecule is CN1CN(C)N1C(C)(C)N. The minimum atomic E-state index is -0.276. The molecule has 1 aliphatic heterocycles. The summed E-state index contributed by atoms with van der Waals surface area (Å²) in [7, 11) is 4.04. The van der Waals surface area contributed by atoms with Gasteiger partial charge in [-0.15, -0.1) is 0 Å². The Hall–Kier alpha value is -0.160. The van der Waals surface area contributed by atoms with Gasteiger partial charge in [0, 0.05) is 14.1 Å². The van der Waals surface area contributed by atoms with Crippen molar-refractivity contribution >= 4 is 0 Å². The van der Waals surface area contributed by atoms with E-state index in [-0.39, 0.29) is 5.66 Å². The molecular weight excluding hydrogens is 128 g/mol. The molecule has 1 rings (SSSR count). The van der Waals surface area contributed by atoms with Crippen LogP contribution in [-0.4, -0.2) is 41.6 Å². The van der Waals surface area contributed by atoms with E-state index in [1.54, 1.807) is 0 Å². The summed E-state index contributed by atoms with van der Waals surface area (Å²) >= 11 is 0. The van der Waals surface area contributed by atoms with Crippen LogP contribution in [0.15, 0.2) is 0 Å². The normalized spacial score (nSPS) is 24.9. The zero-order valence-electron chi connectivity index (χ0n) is 7.13. The summed E-state index contributed by atoms with van der Waals surface area (Å²) in [6.07, 6.45) is 0. The fourth-order valence-electron chi connectivity index (χ4n) is 1.49. The van der Waals surface area contributed by atoms with Gasteiger partial charge in [-0.25, -0.2) is 10.0 Å². The highest BCUT2D eigenvalue weighted by atomic mass is 16.0. The molecule has 2 N–H and O–H groups in total. The lowest BCUT2D eigenvalue weighted by Crippen LogP contribution is -2.74. The largest absolute Gasteiger partial charge is 0.311 e. The number of hydrogen-bond donors (Lipinski definition) is 1. The van der Waals surface area contributed by atoms with Crippen molar-refractivity contribution in [3.8, 4) is 0 Å². The molecule has 4 nitrogen and oxygen atoms in total. The Morgan fingerprint density at radius 1 is 1.20 bits per heavy atom. The molecule has 0 aromatic heterocycles. The standard InChI is InChI=1S/C6H16N4/c1-6(2,7)10-8(3)5-9(10)4/h5,7H2,1-4H3. The van der Waals surface area contributed by atoms with Gasteiger partial charge in [-0.2, -0.15) is 5.12 Å². The van der Waals surface area contributed by atoms with E-state index in [0.29, 0.717) is 0 Å². The molecule has 0 radical (unpaired) electrons. The lowest BCUT2D eigenvalue weighted by molar-refractivity contribution is -0.332. The Balaban J connectivity index is 2.55. The van der Waals surface area contributed by atoms with Gasteiger partial charge in [0.15, 0.2) is 0 Å². The predicted molar refractivity (Wildman–Crippen MR) is 40.5 cm³/mol. The molecule has 1 fully saturated rings. The van der Waals surface area contributed by atoms with Gasteiger partial charge in [0.2, 0.25) is 0 Å². The maximum absolute atomic E-state index is 5.86. The van der Waals surface area contributed by atoms with Crippen LogP contribution in [0.25, 0.3) is 0 Å². The highest BCUT2D eigenvalue weighted by molar-refractivity contribution is 4.74. The maximum Gasteiger partial charge on any atom is 0.0924 e. The van der Waals surface area contributed by atoms with Crippen molar-refractivity contribution < 1.29 is 0 Å². The van der Waals surface area contributed by atoms with Crippen LogP contribution in [0.3, 0.4) is 0 Å². The third kappa shape index (κ3) is 1.15. The van der Waals surface area contributed by atoms with Crippen LogP contribution in [0.4, 0.5) is 0 Å². The lowest BCUT2D eigenvalue weighted by atomic mass is 10.3. The molecule has 1 heterocycles. The Morgan fingerprint density at radius 2 is 1.60 bits per heavy atom. The van der Waals surface area contributed by atoms with E-state index in [1.165, 1.54) is 0 Å². The van der Waals surface area contributed by atoms with Crippen molar-refractivity contribution in [2.24, 2.45) is 5.73 Å². The second-order valence-electron chi connectivity index (χ2n) is 3.40. The van der Waals surface area contributed by atoms with E-state index in [2.05, 4.69) is 10.0 Å². The molecule has 1 saturated heterocycles. The first-order chi connectivity index (χ1) is 4.43. The first kappa shape index (κ1) is 7.94. The quantitative estimate of drug-likeness (QED) is 0.545. The van der Waals surface area contributed by atoms with Crippen LogP contribution in [0, 0.1) is 0 Å². The van der Waals surface area contributed by atoms with Crippen molar-refractivity contribution in [2.45, 2.75) is 19.5 Å². The number of rotatable bonds is 1. The summed E-state index contributed by atoms with van der Waals surface area (Å²) in [5.74, 6) is 0. The van der Waals surface area contributed by atoms with Crippen LogP contribution in [-0.2, 0) is 0 Å². The number of hydrazine groups is 2. The summed E-state index contributed by atoms with van der Waals surface area (Å²) in [6.45, 7) is 4.93. The highest BCUT2D eigenvalue weighted by Crippen LogP contribution is 2.19. The summed E-state index contributed by atoms with van der Waals surface area (Å²) in [5.41, 5.74) is 5.59. The molecule has 60 valence electrons. The summed E-state index contributed by atoms with van der Waals surface area (Å²) < 4.78 is 0. The Labute approximate surface area is 62.1 Å². The van der Waals surface area contributed by atoms with Crippen LogP contribution in [0.5, 0.6) is 0 Å². The second kappa shape index (κ2) is 2.17. The van der Waals surface area contributed by atoms with Crippen LogP contribution < -0.4 is 5.73 Å². The molecule has 0 saturated carbocycles. The van der Waals surface area contributed by atoms with Crippen molar-refractivity contribution in [3.63, 3.8) is 0 Å². The fourth-order valence-corrected chi connectivity index (χ4v) is 1.49. The van der Waals surface area contributed by atoms with Gasteiger partial charge >= 0.3 is 0 Å². The Morgan fingerprint density at radius 3 is 1.70 bits per heavy atom. The van der Waals surface area contributed by atoms with E-state index < -0.39 is 0 Å². The zero-order valence-corrected chi connectivity index (χ0v) is 7.13. The van der Waals surface area contributed by atoms with Crippen LogP contribution in [0.2, 0.25) is 0 Å². The molecule has 0 aromatic carbocycles. The number of nitrogens with two attached hydrogens (primary N) is 1. The van der Waals surface area contributed by atoms with Crippen molar-refractivity contribution in [1.29, 1.82) is 0 Å². The zero-order chi connectivity index (χ0) is 7.94. The predicted octanol–water partition coefficient (Wildman–Crippen LogP) is -0.352. The Kier molecular flexibility index (Phi) is 1.72. The molecule has 0 atom stereocenters. The third-order valence-electron chi connectivity index (χ3n) is 1.57. The first-order valence-corrected chi connectivity index (χ1v) is 3.44. The van der Waals surface area contributed by atoms with Crippen LogP contribution >= 0.6 is 0 Å². The van der Waals surface area contributed by atoms with E-state index in [1.807, 2.05) is 33.1 Å². The summed E-state index contributed by atoms with van der Waals surface area (Å²) in [4.78, 5) is 0. The molecule has 10 heavy (non-hydrogen) atoms. The summed E-state index contributed by atoms with van der Waals surface area (Å²) in [6, 6.07) is 0. The van der Waals surface area contributed by atoms with Gasteiger partial charge in [-0.05, 0) is 13.8 Å². The van der Waals surface area contributed by atoms with Crippen molar-refractivity contribution in [2.75, 3.05) is 20.8 Å². The molecular formula is C6H16N4. The average molecular weight is 144 g/mol. The van der Waals surface area contributed by atoms with E-state index in [0.717, 1.165) is 6.67 Å². The second-order valence-corrected chi connectivity index (χ2v) is 3.40. The average Bonchev–Trinajstić information content (AvgIpc) is 1.58. The molecule has 0 aliphatic carbocycles. The monoisotopic (exact) mass is 144 g/mol. The molecule has 0 bridgehead atoms. The molecule has 1 aliphatic rings. The topological polar surface area (TPSA) is 35.7 Å². The van der Waals surface area contributed by atoms with E-state index in [4.69, 9.17) is 5.73 Å². The Bertz CT molecular complexity index is 120. The lowest BCUT2D eigenvalue weighted by Gasteiger charge is -2.55. The smallest absolute Gasteiger partial charge is 0.0924 e. The summed E-state index contributed by atoms with van der Waals surface area (Å²) in [5, 5.41) is 6.19. The minimum Gasteiger partial charge on any atom is -0.311 e. The number of nitrogens with zero attached hydrogens (tertiary/aromatic N) is 3. The first-order valence-electron chi connectivity index (χ1n) is 3.44. The molecule has 4 heteroatoms. The molecule has 0 amide bonds. The van der Waals surface area contributed by atoms with Gasteiger partial charge in [-0.3, -0.25) is 0 Å². The highest BCUT2D eigenvalue weighted by Gasteiger charge is 2.37. The van der Waals surface area contributed by atoms with E-state index >= 15 is 0 Å².